The van der Waals surface area contributed by atoms with E-state index in [1.807, 2.05) is 26.0 Å². The van der Waals surface area contributed by atoms with Crippen molar-refractivity contribution in [2.24, 2.45) is 0 Å². The lowest BCUT2D eigenvalue weighted by molar-refractivity contribution is -0.0597. The number of carbonyl (C=O) groups excluding carboxylic acids is 2. The van der Waals surface area contributed by atoms with Gasteiger partial charge in [-0.3, -0.25) is 41.8 Å². The topological polar surface area (TPSA) is 257 Å². The fourth-order valence-electron chi connectivity index (χ4n) is 8.28. The molecule has 390 valence electrons. The smallest absolute Gasteiger partial charge is 0.390 e. The van der Waals surface area contributed by atoms with Crippen LogP contribution in [0.1, 0.15) is 61.0 Å². The van der Waals surface area contributed by atoms with Gasteiger partial charge in [0.25, 0.3) is 5.56 Å². The van der Waals surface area contributed by atoms with Gasteiger partial charge in [-0.15, -0.1) is 0 Å². The number of aryl methyl sites for hydroxylation is 2. The van der Waals surface area contributed by atoms with E-state index in [0.717, 1.165) is 34.3 Å². The van der Waals surface area contributed by atoms with Crippen molar-refractivity contribution in [3.63, 3.8) is 0 Å². The van der Waals surface area contributed by atoms with Crippen molar-refractivity contribution in [1.29, 1.82) is 0 Å². The van der Waals surface area contributed by atoms with Crippen molar-refractivity contribution in [1.82, 2.24) is 29.1 Å². The van der Waals surface area contributed by atoms with Gasteiger partial charge in [-0.2, -0.15) is 0 Å². The molecule has 10 atom stereocenters. The maximum absolute atomic E-state index is 17.3. The summed E-state index contributed by atoms with van der Waals surface area (Å²) in [6, 6.07) is 27.6. The second kappa shape index (κ2) is 21.8. The van der Waals surface area contributed by atoms with E-state index in [9.17, 15) is 19.2 Å². The average Bonchev–Trinajstić information content (AvgIpc) is 4.07. The molecule has 3 aliphatic heterocycles. The molecule has 4 bridgehead atoms. The van der Waals surface area contributed by atoms with Crippen LogP contribution in [0, 0.1) is 13.8 Å². The molecule has 7 aromatic rings. The number of benzene rings is 4. The molecule has 3 fully saturated rings. The summed E-state index contributed by atoms with van der Waals surface area (Å²) in [4.78, 5) is 66.0. The van der Waals surface area contributed by atoms with Crippen LogP contribution in [0.4, 0.5) is 14.6 Å². The molecule has 2 unspecified atom stereocenters. The number of halogens is 2. The zero-order chi connectivity index (χ0) is 52.6. The van der Waals surface area contributed by atoms with Gasteiger partial charge in [0, 0.05) is 34.9 Å². The minimum absolute atomic E-state index is 0.00865. The summed E-state index contributed by atoms with van der Waals surface area (Å²) in [5.74, 6) is -0.828. The molecule has 4 aromatic carbocycles. The van der Waals surface area contributed by atoms with Crippen LogP contribution in [0.3, 0.4) is 0 Å². The fourth-order valence-corrected chi connectivity index (χ4v) is 15.0. The molecular formula is C49H45F2N7O13P2S2. The molecular weight excluding hydrogens is 1060 g/mol. The molecule has 3 saturated heterocycles. The molecule has 0 spiro atoms. The molecule has 3 aromatic heterocycles. The summed E-state index contributed by atoms with van der Waals surface area (Å²) in [5.41, 5.74) is 8.70. The van der Waals surface area contributed by atoms with Crippen LogP contribution >= 0.6 is 36.4 Å². The number of nitrogens with one attached hydrogen (secondary N) is 1. The molecule has 0 amide bonds. The Morgan fingerprint density at radius 3 is 1.76 bits per heavy atom. The number of H-pyrrole nitrogens is 1. The molecule has 3 aliphatic rings. The number of anilines is 1. The molecule has 6 heterocycles. The van der Waals surface area contributed by atoms with E-state index in [1.54, 1.807) is 72.8 Å². The van der Waals surface area contributed by atoms with Crippen LogP contribution in [-0.2, 0) is 48.2 Å². The van der Waals surface area contributed by atoms with Crippen molar-refractivity contribution in [2.75, 3.05) is 18.9 Å². The first-order valence-corrected chi connectivity index (χ1v) is 29.4. The number of alkyl halides is 2. The first-order chi connectivity index (χ1) is 36.0. The molecule has 10 rings (SSSR count). The number of aromatic nitrogens is 6. The number of nitrogens with two attached hydrogens (primary N) is 1. The highest BCUT2D eigenvalue weighted by molar-refractivity contribution is 8.55. The molecule has 0 aliphatic carbocycles. The lowest BCUT2D eigenvalue weighted by atomic mass is 10.0. The SMILES string of the molecule is Cc1ccc(C(=O)Oc2ccc(CSP3(=O)OC[C@H]4O[C@@H](n5ccc(=O)[nH]c5=O)[C@H](OP(=O)(SCc5ccc(C(=O)c6ccc(C)cc6)cc5)OC[C@H]5O[C@@H](n6cnc7c(N)ncnc76)[C@H](O3)[C@@H]5F)[C@@H]4F)cc2)cc1. The van der Waals surface area contributed by atoms with Crippen molar-refractivity contribution in [3.05, 3.63) is 182 Å². The highest BCUT2D eigenvalue weighted by atomic mass is 32.7. The van der Waals surface area contributed by atoms with E-state index in [1.165, 1.54) is 23.0 Å². The number of ether oxygens (including phenoxy) is 3. The summed E-state index contributed by atoms with van der Waals surface area (Å²) in [6.07, 6.45) is -11.4. The summed E-state index contributed by atoms with van der Waals surface area (Å²) >= 11 is 1.22. The van der Waals surface area contributed by atoms with Gasteiger partial charge in [0.2, 0.25) is 0 Å². The predicted molar refractivity (Wildman–Crippen MR) is 272 cm³/mol. The molecule has 26 heteroatoms. The van der Waals surface area contributed by atoms with Gasteiger partial charge < -0.3 is 19.9 Å². The summed E-state index contributed by atoms with van der Waals surface area (Å²) in [5, 5.41) is 0. The normalized spacial score (nSPS) is 26.9. The first kappa shape index (κ1) is 52.3. The van der Waals surface area contributed by atoms with Crippen molar-refractivity contribution < 1.29 is 59.8 Å². The maximum Gasteiger partial charge on any atom is 0.390 e. The summed E-state index contributed by atoms with van der Waals surface area (Å²) in [6.45, 7) is -7.31. The lowest BCUT2D eigenvalue weighted by Crippen LogP contribution is -2.38. The number of ketones is 1. The van der Waals surface area contributed by atoms with Crippen molar-refractivity contribution in [3.8, 4) is 5.75 Å². The zero-order valence-corrected chi connectivity index (χ0v) is 43.0. The largest absolute Gasteiger partial charge is 0.423 e. The Labute approximate surface area is 433 Å². The Balaban J connectivity index is 0.956. The Morgan fingerprint density at radius 1 is 0.707 bits per heavy atom. The van der Waals surface area contributed by atoms with Crippen molar-refractivity contribution in [2.45, 2.75) is 74.6 Å². The van der Waals surface area contributed by atoms with E-state index >= 15 is 17.9 Å². The number of esters is 1. The quantitative estimate of drug-likeness (QED) is 0.0504. The van der Waals surface area contributed by atoms with Crippen LogP contribution in [0.15, 0.2) is 132 Å². The standard InChI is InChI=1S/C49H45F2N7O13P2S2/c1-27-3-11-31(12-4-27)41(60)32-15-7-29(8-16-32)23-74-72(63)66-22-36-39(51)43(47(69-36)58-26-55-40-44(52)53-25-54-45(40)58)71-73(64,65-21-35-38(50)42(70-72)46(68-35)57-20-19-37(59)56-49(57)62)75-24-30-9-17-34(18-10-30)67-48(61)33-13-5-28(2)6-14-33/h3-20,25-26,35-36,38-39,42-43,46-47H,21-24H2,1-2H3,(H2,52,53,54)(H,56,59,62)/t35-,36-,38-,39-,42-,43-,46-,47-,72?,73?/m1/s1. The van der Waals surface area contributed by atoms with E-state index in [0.29, 0.717) is 50.6 Å². The highest BCUT2D eigenvalue weighted by Crippen LogP contribution is 2.67. The Kier molecular flexibility index (Phi) is 15.2. The number of fused-ring (bicyclic) bond motifs is 5. The predicted octanol–water partition coefficient (Wildman–Crippen LogP) is 8.40. The summed E-state index contributed by atoms with van der Waals surface area (Å²) < 4.78 is 109. The van der Waals surface area contributed by atoms with Gasteiger partial charge >= 0.3 is 25.3 Å². The van der Waals surface area contributed by atoms with Gasteiger partial charge in [-0.25, -0.2) is 42.5 Å². The second-order valence-electron chi connectivity index (χ2n) is 17.6. The number of hydrogen-bond acceptors (Lipinski definition) is 19. The Bertz CT molecular complexity index is 3470. The van der Waals surface area contributed by atoms with E-state index in [2.05, 4.69) is 19.9 Å². The van der Waals surface area contributed by atoms with Gasteiger partial charge in [0.05, 0.1) is 25.1 Å². The number of carbonyl (C=O) groups is 2. The number of aromatic amines is 1. The maximum atomic E-state index is 17.3. The van der Waals surface area contributed by atoms with Crippen LogP contribution in [0.5, 0.6) is 5.75 Å². The van der Waals surface area contributed by atoms with E-state index in [-0.39, 0.29) is 40.0 Å². The van der Waals surface area contributed by atoms with Crippen LogP contribution < -0.4 is 21.7 Å². The Hall–Kier alpha value is -6.17. The molecule has 3 N–H and O–H groups in total. The number of nitrogen functional groups attached to an aromatic ring is 1. The molecule has 0 saturated carbocycles. The third-order valence-corrected chi connectivity index (χ3v) is 19.7. The molecule has 75 heavy (non-hydrogen) atoms. The second-order valence-corrected chi connectivity index (χ2v) is 25.6. The van der Waals surface area contributed by atoms with Gasteiger partial charge in [-0.05, 0) is 72.0 Å². The van der Waals surface area contributed by atoms with Gasteiger partial charge in [0.15, 0.2) is 42.0 Å². The van der Waals surface area contributed by atoms with E-state index in [4.69, 9.17) is 38.0 Å². The first-order valence-electron chi connectivity index (χ1n) is 23.1. The van der Waals surface area contributed by atoms with Crippen LogP contribution in [0.2, 0.25) is 0 Å². The van der Waals surface area contributed by atoms with Crippen molar-refractivity contribution >= 4 is 65.1 Å². The third kappa shape index (κ3) is 11.5. The Morgan fingerprint density at radius 2 is 1.21 bits per heavy atom. The van der Waals surface area contributed by atoms with Crippen LogP contribution in [-0.4, -0.2) is 90.8 Å². The molecule has 20 nitrogen and oxygen atoms in total. The number of hydrogen-bond donors (Lipinski definition) is 2. The summed E-state index contributed by atoms with van der Waals surface area (Å²) in [7, 11) is 0. The number of rotatable bonds is 12. The van der Waals surface area contributed by atoms with Gasteiger partial charge in [-0.1, -0.05) is 83.9 Å². The minimum Gasteiger partial charge on any atom is -0.423 e. The zero-order valence-electron chi connectivity index (χ0n) is 39.6. The third-order valence-electron chi connectivity index (χ3n) is 12.3. The number of nitrogens with zero attached hydrogens (tertiary/aromatic N) is 5. The highest BCUT2D eigenvalue weighted by Gasteiger charge is 2.55. The number of imidazole rings is 1. The van der Waals surface area contributed by atoms with E-state index < -0.39 is 93.2 Å². The average molecular weight is 1100 g/mol. The lowest BCUT2D eigenvalue weighted by Gasteiger charge is -2.27. The molecule has 0 radical (unpaired) electrons. The minimum atomic E-state index is -4.72. The monoisotopic (exact) mass is 1100 g/mol. The van der Waals surface area contributed by atoms with Crippen LogP contribution in [0.25, 0.3) is 11.2 Å². The van der Waals surface area contributed by atoms with Gasteiger partial charge in [0.1, 0.15) is 42.0 Å². The fraction of sp³-hybridized carbons (Fsp3) is 0.286.